The average Bonchev–Trinajstić information content (AvgIpc) is 3.46. The summed E-state index contributed by atoms with van der Waals surface area (Å²) in [6.45, 7) is 1.97. The lowest BCUT2D eigenvalue weighted by Crippen LogP contribution is -2.26. The molecule has 0 aliphatic carbocycles. The van der Waals surface area contributed by atoms with Gasteiger partial charge in [-0.3, -0.25) is 9.36 Å². The molecule has 0 saturated heterocycles. The Morgan fingerprint density at radius 1 is 1.14 bits per heavy atom. The first-order valence-corrected chi connectivity index (χ1v) is 10.3. The summed E-state index contributed by atoms with van der Waals surface area (Å²) in [7, 11) is 0. The molecule has 2 heterocycles. The second kappa shape index (κ2) is 8.32. The summed E-state index contributed by atoms with van der Waals surface area (Å²) in [6.07, 6.45) is 8.77. The van der Waals surface area contributed by atoms with Gasteiger partial charge in [0.15, 0.2) is 5.16 Å². The van der Waals surface area contributed by atoms with Crippen LogP contribution in [0.2, 0.25) is 0 Å². The number of hydrogen-bond donors (Lipinski definition) is 1. The number of aromatic nitrogens is 5. The van der Waals surface area contributed by atoms with Crippen molar-refractivity contribution in [1.29, 1.82) is 0 Å². The van der Waals surface area contributed by atoms with Gasteiger partial charge in [-0.25, -0.2) is 14.6 Å². The zero-order valence-corrected chi connectivity index (χ0v) is 16.9. The molecule has 146 valence electrons. The SMILES string of the molecule is CSc1nccn1-c1cccc(C(=O)NC(C)c2ccc(-n3cncn3)cc2)c1. The van der Waals surface area contributed by atoms with Crippen LogP contribution in [-0.2, 0) is 0 Å². The predicted octanol–water partition coefficient (Wildman–Crippen LogP) is 3.67. The first-order chi connectivity index (χ1) is 14.2. The topological polar surface area (TPSA) is 77.6 Å². The molecule has 1 N–H and O–H groups in total. The lowest BCUT2D eigenvalue weighted by molar-refractivity contribution is 0.0940. The molecule has 0 bridgehead atoms. The van der Waals surface area contributed by atoms with Gasteiger partial charge in [-0.15, -0.1) is 0 Å². The Morgan fingerprint density at radius 3 is 2.69 bits per heavy atom. The molecule has 1 amide bonds. The van der Waals surface area contributed by atoms with Crippen molar-refractivity contribution < 1.29 is 4.79 Å². The normalized spacial score (nSPS) is 11.9. The molecule has 29 heavy (non-hydrogen) atoms. The number of hydrogen-bond acceptors (Lipinski definition) is 5. The molecular formula is C21H20N6OS. The van der Waals surface area contributed by atoms with E-state index in [4.69, 9.17) is 0 Å². The van der Waals surface area contributed by atoms with E-state index in [1.165, 1.54) is 6.33 Å². The number of rotatable bonds is 6. The van der Waals surface area contributed by atoms with Gasteiger partial charge < -0.3 is 5.32 Å². The van der Waals surface area contributed by atoms with E-state index in [-0.39, 0.29) is 11.9 Å². The summed E-state index contributed by atoms with van der Waals surface area (Å²) in [5.74, 6) is -0.120. The zero-order chi connectivity index (χ0) is 20.2. The minimum atomic E-state index is -0.133. The van der Waals surface area contributed by atoms with Gasteiger partial charge in [-0.05, 0) is 49.1 Å². The van der Waals surface area contributed by atoms with Gasteiger partial charge >= 0.3 is 0 Å². The Morgan fingerprint density at radius 2 is 1.97 bits per heavy atom. The van der Waals surface area contributed by atoms with E-state index in [0.717, 1.165) is 22.1 Å². The van der Waals surface area contributed by atoms with E-state index in [9.17, 15) is 4.79 Å². The van der Waals surface area contributed by atoms with E-state index in [2.05, 4.69) is 20.4 Å². The number of nitrogens with zero attached hydrogens (tertiary/aromatic N) is 5. The summed E-state index contributed by atoms with van der Waals surface area (Å²) in [5, 5.41) is 8.06. The van der Waals surface area contributed by atoms with Gasteiger partial charge in [0.25, 0.3) is 5.91 Å². The number of carbonyl (C=O) groups is 1. The van der Waals surface area contributed by atoms with Crippen LogP contribution < -0.4 is 5.32 Å². The van der Waals surface area contributed by atoms with E-state index < -0.39 is 0 Å². The van der Waals surface area contributed by atoms with Crippen molar-refractivity contribution in [2.75, 3.05) is 6.26 Å². The van der Waals surface area contributed by atoms with Crippen LogP contribution in [0, 0.1) is 0 Å². The highest BCUT2D eigenvalue weighted by Gasteiger charge is 2.13. The maximum atomic E-state index is 12.8. The van der Waals surface area contributed by atoms with Gasteiger partial charge in [0, 0.05) is 23.6 Å². The first-order valence-electron chi connectivity index (χ1n) is 9.09. The van der Waals surface area contributed by atoms with Gasteiger partial charge in [-0.1, -0.05) is 30.0 Å². The quantitative estimate of drug-likeness (QED) is 0.496. The lowest BCUT2D eigenvalue weighted by Gasteiger charge is -2.15. The second-order valence-corrected chi connectivity index (χ2v) is 7.23. The fourth-order valence-corrected chi connectivity index (χ4v) is 3.58. The maximum absolute atomic E-state index is 12.8. The average molecular weight is 404 g/mol. The highest BCUT2D eigenvalue weighted by molar-refractivity contribution is 7.98. The summed E-state index contributed by atoms with van der Waals surface area (Å²) in [6, 6.07) is 15.3. The van der Waals surface area contributed by atoms with Crippen LogP contribution in [0.15, 0.2) is 78.7 Å². The molecule has 2 aromatic heterocycles. The molecule has 0 aliphatic heterocycles. The smallest absolute Gasteiger partial charge is 0.251 e. The van der Waals surface area contributed by atoms with E-state index in [0.29, 0.717) is 5.56 Å². The monoisotopic (exact) mass is 404 g/mol. The van der Waals surface area contributed by atoms with Crippen LogP contribution in [0.3, 0.4) is 0 Å². The molecule has 1 unspecified atom stereocenters. The van der Waals surface area contributed by atoms with Crippen LogP contribution in [0.25, 0.3) is 11.4 Å². The van der Waals surface area contributed by atoms with E-state index in [1.54, 1.807) is 29.0 Å². The molecule has 0 fully saturated rings. The Bertz CT molecular complexity index is 1100. The summed E-state index contributed by atoms with van der Waals surface area (Å²) in [4.78, 5) is 21.1. The van der Waals surface area contributed by atoms with Gasteiger partial charge in [0.2, 0.25) is 0 Å². The second-order valence-electron chi connectivity index (χ2n) is 6.46. The third-order valence-electron chi connectivity index (χ3n) is 4.60. The van der Waals surface area contributed by atoms with Crippen LogP contribution in [-0.4, -0.2) is 36.5 Å². The van der Waals surface area contributed by atoms with E-state index in [1.807, 2.05) is 72.5 Å². The molecule has 8 heteroatoms. The molecule has 0 radical (unpaired) electrons. The maximum Gasteiger partial charge on any atom is 0.251 e. The summed E-state index contributed by atoms with van der Waals surface area (Å²) >= 11 is 1.56. The largest absolute Gasteiger partial charge is 0.346 e. The van der Waals surface area contributed by atoms with Crippen molar-refractivity contribution in [3.63, 3.8) is 0 Å². The van der Waals surface area contributed by atoms with Crippen LogP contribution >= 0.6 is 11.8 Å². The van der Waals surface area contributed by atoms with Gasteiger partial charge in [-0.2, -0.15) is 5.10 Å². The highest BCUT2D eigenvalue weighted by atomic mass is 32.2. The fourth-order valence-electron chi connectivity index (χ4n) is 3.05. The van der Waals surface area contributed by atoms with Crippen molar-refractivity contribution >= 4 is 17.7 Å². The van der Waals surface area contributed by atoms with Crippen molar-refractivity contribution in [1.82, 2.24) is 29.6 Å². The number of thioether (sulfide) groups is 1. The molecule has 7 nitrogen and oxygen atoms in total. The molecule has 0 spiro atoms. The first kappa shape index (κ1) is 18.9. The van der Waals surface area contributed by atoms with Crippen LogP contribution in [0.1, 0.15) is 28.9 Å². The van der Waals surface area contributed by atoms with Crippen molar-refractivity contribution in [2.24, 2.45) is 0 Å². The standard InChI is InChI=1S/C21H20N6OS/c1-15(16-6-8-18(9-7-16)27-14-22-13-24-27)25-20(28)17-4-3-5-19(12-17)26-11-10-23-21(26)29-2/h3-15H,1-2H3,(H,25,28). The van der Waals surface area contributed by atoms with Crippen molar-refractivity contribution in [3.05, 3.63) is 84.7 Å². The number of nitrogens with one attached hydrogen (secondary N) is 1. The minimum Gasteiger partial charge on any atom is -0.346 e. The Balaban J connectivity index is 1.48. The van der Waals surface area contributed by atoms with E-state index >= 15 is 0 Å². The third kappa shape index (κ3) is 4.07. The molecule has 0 aliphatic rings. The summed E-state index contributed by atoms with van der Waals surface area (Å²) < 4.78 is 3.66. The third-order valence-corrected chi connectivity index (χ3v) is 5.27. The number of imidazole rings is 1. The Labute approximate surface area is 172 Å². The molecule has 4 rings (SSSR count). The number of benzene rings is 2. The fraction of sp³-hybridized carbons (Fsp3) is 0.143. The molecule has 2 aromatic carbocycles. The predicted molar refractivity (Wildman–Crippen MR) is 113 cm³/mol. The number of carbonyl (C=O) groups excluding carboxylic acids is 1. The van der Waals surface area contributed by atoms with Crippen LogP contribution in [0.4, 0.5) is 0 Å². The minimum absolute atomic E-state index is 0.120. The Kier molecular flexibility index (Phi) is 5.44. The lowest BCUT2D eigenvalue weighted by atomic mass is 10.1. The molecular weight excluding hydrogens is 384 g/mol. The zero-order valence-electron chi connectivity index (χ0n) is 16.1. The highest BCUT2D eigenvalue weighted by Crippen LogP contribution is 2.20. The molecule has 1 atom stereocenters. The van der Waals surface area contributed by atoms with Crippen LogP contribution in [0.5, 0.6) is 0 Å². The number of amides is 1. The molecule has 4 aromatic rings. The van der Waals surface area contributed by atoms with Gasteiger partial charge in [0.05, 0.1) is 11.7 Å². The summed E-state index contributed by atoms with van der Waals surface area (Å²) in [5.41, 5.74) is 3.44. The Hall–Kier alpha value is -3.39. The molecule has 0 saturated carbocycles. The van der Waals surface area contributed by atoms with Crippen molar-refractivity contribution in [2.45, 2.75) is 18.1 Å². The van der Waals surface area contributed by atoms with Gasteiger partial charge in [0.1, 0.15) is 12.7 Å². The van der Waals surface area contributed by atoms with Crippen molar-refractivity contribution in [3.8, 4) is 11.4 Å².